The molecule has 0 aromatic heterocycles. The van der Waals surface area contributed by atoms with Crippen molar-refractivity contribution in [3.05, 3.63) is 89.2 Å². The predicted octanol–water partition coefficient (Wildman–Crippen LogP) is 6.17. The minimum absolute atomic E-state index is 0.0340. The summed E-state index contributed by atoms with van der Waals surface area (Å²) in [6.07, 6.45) is 2.40. The van der Waals surface area contributed by atoms with Gasteiger partial charge in [0.1, 0.15) is 18.1 Å². The van der Waals surface area contributed by atoms with Gasteiger partial charge in [-0.15, -0.1) is 0 Å². The van der Waals surface area contributed by atoms with Crippen molar-refractivity contribution in [2.24, 2.45) is 0 Å². The maximum atomic E-state index is 14.2. The lowest BCUT2D eigenvalue weighted by Crippen LogP contribution is -2.00. The molecular formula is C25H25FO4. The SMILES string of the molecule is CCCc1ccc(Oc2cccc(COc3ccc(CCC(=O)O)cc3F)c2)cc1. The second-order valence-corrected chi connectivity index (χ2v) is 7.09. The van der Waals surface area contributed by atoms with Crippen molar-refractivity contribution in [2.45, 2.75) is 39.2 Å². The Kier molecular flexibility index (Phi) is 7.44. The van der Waals surface area contributed by atoms with E-state index in [2.05, 4.69) is 19.1 Å². The summed E-state index contributed by atoms with van der Waals surface area (Å²) in [5, 5.41) is 8.73. The van der Waals surface area contributed by atoms with Crippen LogP contribution in [0, 0.1) is 5.82 Å². The van der Waals surface area contributed by atoms with E-state index in [0.29, 0.717) is 11.3 Å². The van der Waals surface area contributed by atoms with E-state index in [4.69, 9.17) is 14.6 Å². The summed E-state index contributed by atoms with van der Waals surface area (Å²) in [7, 11) is 0. The molecule has 0 unspecified atom stereocenters. The van der Waals surface area contributed by atoms with Crippen LogP contribution in [0.2, 0.25) is 0 Å². The average molecular weight is 408 g/mol. The monoisotopic (exact) mass is 408 g/mol. The molecule has 5 heteroatoms. The summed E-state index contributed by atoms with van der Waals surface area (Å²) < 4.78 is 25.8. The molecule has 0 saturated heterocycles. The Labute approximate surface area is 175 Å². The molecule has 0 fully saturated rings. The number of hydrogen-bond acceptors (Lipinski definition) is 3. The molecule has 0 radical (unpaired) electrons. The van der Waals surface area contributed by atoms with Gasteiger partial charge in [-0.1, -0.05) is 43.7 Å². The molecule has 30 heavy (non-hydrogen) atoms. The van der Waals surface area contributed by atoms with Gasteiger partial charge in [0, 0.05) is 6.42 Å². The van der Waals surface area contributed by atoms with Crippen LogP contribution in [0.15, 0.2) is 66.7 Å². The molecule has 4 nitrogen and oxygen atoms in total. The van der Waals surface area contributed by atoms with Crippen LogP contribution in [0.4, 0.5) is 4.39 Å². The van der Waals surface area contributed by atoms with Crippen LogP contribution < -0.4 is 9.47 Å². The molecule has 3 rings (SSSR count). The third-order valence-electron chi connectivity index (χ3n) is 4.61. The highest BCUT2D eigenvalue weighted by atomic mass is 19.1. The number of aliphatic carboxylic acids is 1. The zero-order valence-electron chi connectivity index (χ0n) is 16.9. The summed E-state index contributed by atoms with van der Waals surface area (Å²) in [6, 6.07) is 20.0. The third kappa shape index (κ3) is 6.34. The highest BCUT2D eigenvalue weighted by Crippen LogP contribution is 2.25. The van der Waals surface area contributed by atoms with E-state index >= 15 is 0 Å². The first-order chi connectivity index (χ1) is 14.5. The van der Waals surface area contributed by atoms with Gasteiger partial charge in [-0.05, 0) is 65.9 Å². The van der Waals surface area contributed by atoms with E-state index in [-0.39, 0.29) is 25.2 Å². The first-order valence-corrected chi connectivity index (χ1v) is 10.0. The fraction of sp³-hybridized carbons (Fsp3) is 0.240. The van der Waals surface area contributed by atoms with Crippen molar-refractivity contribution < 1.29 is 23.8 Å². The van der Waals surface area contributed by atoms with Crippen LogP contribution in [0.3, 0.4) is 0 Å². The zero-order chi connectivity index (χ0) is 21.3. The number of hydrogen-bond donors (Lipinski definition) is 1. The van der Waals surface area contributed by atoms with Crippen molar-refractivity contribution in [1.82, 2.24) is 0 Å². The fourth-order valence-electron chi connectivity index (χ4n) is 3.08. The maximum Gasteiger partial charge on any atom is 0.303 e. The van der Waals surface area contributed by atoms with Crippen LogP contribution in [0.1, 0.15) is 36.5 Å². The van der Waals surface area contributed by atoms with Gasteiger partial charge in [0.15, 0.2) is 11.6 Å². The van der Waals surface area contributed by atoms with Crippen LogP contribution in [0.25, 0.3) is 0 Å². The van der Waals surface area contributed by atoms with Gasteiger partial charge in [0.05, 0.1) is 0 Å². The number of carboxylic acids is 1. The lowest BCUT2D eigenvalue weighted by molar-refractivity contribution is -0.136. The topological polar surface area (TPSA) is 55.8 Å². The molecule has 0 saturated carbocycles. The quantitative estimate of drug-likeness (QED) is 0.436. The molecule has 0 spiro atoms. The predicted molar refractivity (Wildman–Crippen MR) is 114 cm³/mol. The second kappa shape index (κ2) is 10.4. The number of rotatable bonds is 10. The van der Waals surface area contributed by atoms with E-state index in [1.165, 1.54) is 17.7 Å². The van der Waals surface area contributed by atoms with E-state index < -0.39 is 11.8 Å². The van der Waals surface area contributed by atoms with E-state index in [1.807, 2.05) is 36.4 Å². The van der Waals surface area contributed by atoms with Crippen molar-refractivity contribution in [2.75, 3.05) is 0 Å². The number of aryl methyl sites for hydroxylation is 2. The van der Waals surface area contributed by atoms with Crippen LogP contribution in [0.5, 0.6) is 17.2 Å². The minimum atomic E-state index is -0.908. The molecule has 3 aromatic carbocycles. The highest BCUT2D eigenvalue weighted by Gasteiger charge is 2.08. The molecular weight excluding hydrogens is 383 g/mol. The van der Waals surface area contributed by atoms with Gasteiger partial charge in [-0.25, -0.2) is 4.39 Å². The molecule has 0 heterocycles. The van der Waals surface area contributed by atoms with Crippen LogP contribution in [-0.2, 0) is 24.2 Å². The van der Waals surface area contributed by atoms with Gasteiger partial charge in [-0.3, -0.25) is 4.79 Å². The van der Waals surface area contributed by atoms with E-state index in [1.54, 1.807) is 6.07 Å². The number of benzene rings is 3. The Morgan fingerprint density at radius 1 is 0.900 bits per heavy atom. The van der Waals surface area contributed by atoms with Gasteiger partial charge < -0.3 is 14.6 Å². The lowest BCUT2D eigenvalue weighted by atomic mass is 10.1. The number of ether oxygens (including phenoxy) is 2. The summed E-state index contributed by atoms with van der Waals surface area (Å²) >= 11 is 0. The molecule has 3 aromatic rings. The molecule has 0 aliphatic rings. The molecule has 0 aliphatic heterocycles. The maximum absolute atomic E-state index is 14.2. The first-order valence-electron chi connectivity index (χ1n) is 10.0. The highest BCUT2D eigenvalue weighted by molar-refractivity contribution is 5.67. The van der Waals surface area contributed by atoms with Gasteiger partial charge >= 0.3 is 5.97 Å². The Hall–Kier alpha value is -3.34. The zero-order valence-corrected chi connectivity index (χ0v) is 16.9. The van der Waals surface area contributed by atoms with Gasteiger partial charge in [0.2, 0.25) is 0 Å². The molecule has 156 valence electrons. The van der Waals surface area contributed by atoms with Crippen LogP contribution >= 0.6 is 0 Å². The molecule has 0 amide bonds. The summed E-state index contributed by atoms with van der Waals surface area (Å²) in [6.45, 7) is 2.34. The Morgan fingerprint density at radius 2 is 1.67 bits per heavy atom. The van der Waals surface area contributed by atoms with Gasteiger partial charge in [0.25, 0.3) is 0 Å². The fourth-order valence-corrected chi connectivity index (χ4v) is 3.08. The normalized spacial score (nSPS) is 10.6. The lowest BCUT2D eigenvalue weighted by Gasteiger charge is -2.11. The molecule has 0 bridgehead atoms. The van der Waals surface area contributed by atoms with Crippen molar-refractivity contribution >= 4 is 5.97 Å². The third-order valence-corrected chi connectivity index (χ3v) is 4.61. The largest absolute Gasteiger partial charge is 0.486 e. The molecule has 1 N–H and O–H groups in total. The smallest absolute Gasteiger partial charge is 0.303 e. The van der Waals surface area contributed by atoms with Crippen molar-refractivity contribution in [3.8, 4) is 17.2 Å². The number of carbonyl (C=O) groups is 1. The van der Waals surface area contributed by atoms with E-state index in [0.717, 1.165) is 24.2 Å². The summed E-state index contributed by atoms with van der Waals surface area (Å²) in [5.74, 6) is 0.166. The Bertz CT molecular complexity index is 983. The minimum Gasteiger partial charge on any atom is -0.486 e. The number of carboxylic acid groups (broad SMARTS) is 1. The molecule has 0 atom stereocenters. The van der Waals surface area contributed by atoms with Crippen molar-refractivity contribution in [3.63, 3.8) is 0 Å². The number of halogens is 1. The van der Waals surface area contributed by atoms with Gasteiger partial charge in [-0.2, -0.15) is 0 Å². The standard InChI is InChI=1S/C25H25FO4/c1-2-4-18-7-11-21(12-8-18)30-22-6-3-5-20(15-22)17-29-24-13-9-19(16-23(24)26)10-14-25(27)28/h3,5-9,11-13,15-16H,2,4,10,14,17H2,1H3,(H,27,28). The molecule has 0 aliphatic carbocycles. The van der Waals surface area contributed by atoms with Crippen molar-refractivity contribution in [1.29, 1.82) is 0 Å². The Balaban J connectivity index is 1.59. The first kappa shape index (κ1) is 21.4. The Morgan fingerprint density at radius 3 is 2.37 bits per heavy atom. The summed E-state index contributed by atoms with van der Waals surface area (Å²) in [5.41, 5.74) is 2.76. The second-order valence-electron chi connectivity index (χ2n) is 7.09. The summed E-state index contributed by atoms with van der Waals surface area (Å²) in [4.78, 5) is 10.6. The average Bonchev–Trinajstić information content (AvgIpc) is 2.73. The van der Waals surface area contributed by atoms with E-state index in [9.17, 15) is 9.18 Å². The van der Waals surface area contributed by atoms with Crippen LogP contribution in [-0.4, -0.2) is 11.1 Å².